The highest BCUT2D eigenvalue weighted by molar-refractivity contribution is 7.22. The molecule has 0 atom stereocenters. The van der Waals surface area contributed by atoms with Crippen LogP contribution in [0.25, 0.3) is 21.6 Å². The molecule has 0 radical (unpaired) electrons. The highest BCUT2D eigenvalue weighted by Gasteiger charge is 2.18. The van der Waals surface area contributed by atoms with E-state index in [0.717, 1.165) is 32.8 Å². The molecule has 1 aliphatic carbocycles. The fourth-order valence-corrected chi connectivity index (χ4v) is 4.50. The quantitative estimate of drug-likeness (QED) is 0.410. The molecule has 5 rings (SSSR count). The number of nitrogens with zero attached hydrogens (tertiary/aromatic N) is 4. The lowest BCUT2D eigenvalue weighted by Gasteiger charge is -2.16. The van der Waals surface area contributed by atoms with Crippen molar-refractivity contribution in [2.24, 2.45) is 0 Å². The number of hydrogen-bond donors (Lipinski definition) is 1. The summed E-state index contributed by atoms with van der Waals surface area (Å²) in [6, 6.07) is 9.40. The van der Waals surface area contributed by atoms with Crippen molar-refractivity contribution in [3.63, 3.8) is 0 Å². The molecule has 0 amide bonds. The summed E-state index contributed by atoms with van der Waals surface area (Å²) in [5.74, 6) is 2.13. The van der Waals surface area contributed by atoms with Crippen LogP contribution >= 0.6 is 11.3 Å². The van der Waals surface area contributed by atoms with Crippen LogP contribution in [-0.4, -0.2) is 32.8 Å². The summed E-state index contributed by atoms with van der Waals surface area (Å²) in [6.07, 6.45) is 10.8. The van der Waals surface area contributed by atoms with Crippen LogP contribution in [0.2, 0.25) is 0 Å². The molecule has 0 spiro atoms. The van der Waals surface area contributed by atoms with Crippen LogP contribution in [0, 0.1) is 0 Å². The third kappa shape index (κ3) is 4.38. The molecule has 164 valence electrons. The maximum atomic E-state index is 11.7. The second-order valence-corrected chi connectivity index (χ2v) is 8.60. The second kappa shape index (κ2) is 8.91. The van der Waals surface area contributed by atoms with Crippen LogP contribution in [0.4, 0.5) is 10.9 Å². The van der Waals surface area contributed by atoms with Gasteiger partial charge in [0.2, 0.25) is 0 Å². The minimum atomic E-state index is 0.0199. The Kier molecular flexibility index (Phi) is 5.66. The zero-order valence-electron chi connectivity index (χ0n) is 18.2. The van der Waals surface area contributed by atoms with Gasteiger partial charge in [-0.05, 0) is 55.8 Å². The molecule has 3 aromatic heterocycles. The minimum absolute atomic E-state index is 0.0199. The fourth-order valence-electron chi connectivity index (χ4n) is 3.65. The molecular weight excluding hydrogens is 434 g/mol. The molecule has 0 unspecified atom stereocenters. The second-order valence-electron chi connectivity index (χ2n) is 7.57. The summed E-state index contributed by atoms with van der Waals surface area (Å²) in [6.45, 7) is 1.56. The summed E-state index contributed by atoms with van der Waals surface area (Å²) < 4.78 is 6.43. The summed E-state index contributed by atoms with van der Waals surface area (Å²) >= 11 is 1.52. The van der Waals surface area contributed by atoms with E-state index in [-0.39, 0.29) is 5.78 Å². The molecule has 8 heteroatoms. The first-order valence-electron chi connectivity index (χ1n) is 10.5. The van der Waals surface area contributed by atoms with Crippen molar-refractivity contribution >= 4 is 38.3 Å². The first kappa shape index (κ1) is 21.0. The van der Waals surface area contributed by atoms with Gasteiger partial charge in [0.15, 0.2) is 16.7 Å². The number of benzene rings is 1. The lowest BCUT2D eigenvalue weighted by atomic mass is 10.0. The number of nitrogens with one attached hydrogen (secondary N) is 1. The summed E-state index contributed by atoms with van der Waals surface area (Å²) in [5.41, 5.74) is 4.20. The number of fused-ring (bicyclic) bond motifs is 2. The first-order valence-corrected chi connectivity index (χ1v) is 11.3. The van der Waals surface area contributed by atoms with Gasteiger partial charge in [0, 0.05) is 35.5 Å². The minimum Gasteiger partial charge on any atom is -0.497 e. The van der Waals surface area contributed by atoms with E-state index in [9.17, 15) is 4.79 Å². The number of hydrogen-bond acceptors (Lipinski definition) is 8. The van der Waals surface area contributed by atoms with Crippen LogP contribution < -0.4 is 5.32 Å². The van der Waals surface area contributed by atoms with Gasteiger partial charge in [0.1, 0.15) is 11.6 Å². The van der Waals surface area contributed by atoms with E-state index in [4.69, 9.17) is 19.7 Å². The number of carbonyl (C=O) groups is 1. The third-order valence-corrected chi connectivity index (χ3v) is 6.32. The largest absolute Gasteiger partial charge is 0.497 e. The lowest BCUT2D eigenvalue weighted by molar-refractivity contribution is 0.101. The highest BCUT2D eigenvalue weighted by Crippen LogP contribution is 2.32. The zero-order chi connectivity index (χ0) is 22.8. The number of aromatic nitrogens is 4. The Morgan fingerprint density at radius 1 is 1.15 bits per heavy atom. The van der Waals surface area contributed by atoms with Crippen molar-refractivity contribution in [2.75, 3.05) is 12.4 Å². The monoisotopic (exact) mass is 455 g/mol. The molecule has 33 heavy (non-hydrogen) atoms. The number of carbonyl (C=O) groups excluding carboxylic acids is 1. The van der Waals surface area contributed by atoms with E-state index in [1.165, 1.54) is 11.3 Å². The Morgan fingerprint density at radius 2 is 2.06 bits per heavy atom. The van der Waals surface area contributed by atoms with Crippen molar-refractivity contribution in [3.8, 4) is 11.4 Å². The van der Waals surface area contributed by atoms with Gasteiger partial charge in [-0.15, -0.1) is 0 Å². The SMILES string of the molecule is COC1=C/Cc2c(nc(-c3cccnc3)nc2Nc2nc3cc(C(C)=O)ccc3s2)C/C=C\1. The first-order chi connectivity index (χ1) is 16.1. The van der Waals surface area contributed by atoms with Gasteiger partial charge in [-0.1, -0.05) is 17.4 Å². The van der Waals surface area contributed by atoms with Gasteiger partial charge in [-0.2, -0.15) is 0 Å². The number of thiazole rings is 1. The normalized spacial score (nSPS) is 15.6. The number of Topliss-reactive ketones (excluding diaryl/α,β-unsaturated/α-hetero) is 1. The Balaban J connectivity index is 1.60. The summed E-state index contributed by atoms with van der Waals surface area (Å²) in [4.78, 5) is 30.4. The average molecular weight is 456 g/mol. The number of rotatable bonds is 5. The Morgan fingerprint density at radius 3 is 2.85 bits per heavy atom. The smallest absolute Gasteiger partial charge is 0.189 e. The van der Waals surface area contributed by atoms with Crippen LogP contribution in [0.1, 0.15) is 28.5 Å². The van der Waals surface area contributed by atoms with Gasteiger partial charge in [0.25, 0.3) is 0 Å². The van der Waals surface area contributed by atoms with Gasteiger partial charge in [-0.3, -0.25) is 9.78 Å². The van der Waals surface area contributed by atoms with Crippen LogP contribution in [0.15, 0.2) is 66.7 Å². The van der Waals surface area contributed by atoms with Crippen LogP contribution in [0.5, 0.6) is 0 Å². The van der Waals surface area contributed by atoms with Crippen LogP contribution in [-0.2, 0) is 17.6 Å². The number of ether oxygens (including phenoxy) is 1. The maximum absolute atomic E-state index is 11.7. The zero-order valence-corrected chi connectivity index (χ0v) is 19.0. The van der Waals surface area contributed by atoms with Gasteiger partial charge < -0.3 is 10.1 Å². The molecule has 1 N–H and O–H groups in total. The lowest BCUT2D eigenvalue weighted by Crippen LogP contribution is -2.08. The van der Waals surface area contributed by atoms with E-state index in [2.05, 4.69) is 10.3 Å². The molecule has 7 nitrogen and oxygen atoms in total. The average Bonchev–Trinajstić information content (AvgIpc) is 3.22. The molecule has 0 aliphatic heterocycles. The predicted octanol–water partition coefficient (Wildman–Crippen LogP) is 5.28. The predicted molar refractivity (Wildman–Crippen MR) is 130 cm³/mol. The van der Waals surface area contributed by atoms with Gasteiger partial charge in [0.05, 0.1) is 23.0 Å². The third-order valence-electron chi connectivity index (χ3n) is 5.37. The van der Waals surface area contributed by atoms with Crippen molar-refractivity contribution in [1.29, 1.82) is 0 Å². The number of anilines is 2. The topological polar surface area (TPSA) is 89.9 Å². The van der Waals surface area contributed by atoms with Crippen molar-refractivity contribution < 1.29 is 9.53 Å². The molecule has 0 saturated carbocycles. The molecule has 0 fully saturated rings. The Hall–Kier alpha value is -3.91. The molecular formula is C25H21N5O2S. The van der Waals surface area contributed by atoms with E-state index in [1.807, 2.05) is 48.6 Å². The Labute approximate surface area is 194 Å². The van der Waals surface area contributed by atoms with E-state index in [1.54, 1.807) is 26.4 Å². The van der Waals surface area contributed by atoms with E-state index < -0.39 is 0 Å². The summed E-state index contributed by atoms with van der Waals surface area (Å²) in [5, 5.41) is 4.12. The molecule has 0 saturated heterocycles. The number of allylic oxidation sites excluding steroid dienone is 3. The molecule has 1 aromatic carbocycles. The van der Waals surface area contributed by atoms with Gasteiger partial charge >= 0.3 is 0 Å². The molecule has 1 aliphatic rings. The summed E-state index contributed by atoms with van der Waals surface area (Å²) in [7, 11) is 1.66. The van der Waals surface area contributed by atoms with Crippen LogP contribution in [0.3, 0.4) is 0 Å². The number of pyridine rings is 1. The standard InChI is InChI=1S/C25H21N5O2S/c1-15(31)16-8-11-22-21(13-16)28-25(33-22)30-24-19-10-9-18(32-2)6-3-7-20(19)27-23(29-24)17-5-4-12-26-14-17/h3-6,8-9,11-14H,7,10H2,1-2H3,(H,27,28,29,30)/b6-3-,18-9+. The van der Waals surface area contributed by atoms with Gasteiger partial charge in [-0.25, -0.2) is 15.0 Å². The van der Waals surface area contributed by atoms with Crippen molar-refractivity contribution in [3.05, 3.63) is 83.5 Å². The fraction of sp³-hybridized carbons (Fsp3) is 0.160. The maximum Gasteiger partial charge on any atom is 0.189 e. The van der Waals surface area contributed by atoms with E-state index >= 15 is 0 Å². The highest BCUT2D eigenvalue weighted by atomic mass is 32.1. The number of methoxy groups -OCH3 is 1. The van der Waals surface area contributed by atoms with Crippen molar-refractivity contribution in [1.82, 2.24) is 19.9 Å². The molecule has 0 bridgehead atoms. The molecule has 3 heterocycles. The van der Waals surface area contributed by atoms with Crippen molar-refractivity contribution in [2.45, 2.75) is 19.8 Å². The number of ketones is 1. The van der Waals surface area contributed by atoms with E-state index in [0.29, 0.717) is 35.2 Å². The molecule has 4 aromatic rings. The Bertz CT molecular complexity index is 1410.